The Morgan fingerprint density at radius 2 is 2.00 bits per heavy atom. The summed E-state index contributed by atoms with van der Waals surface area (Å²) >= 11 is 0. The van der Waals surface area contributed by atoms with Crippen molar-refractivity contribution in [2.24, 2.45) is 0 Å². The number of carbonyl (C=O) groups excluding carboxylic acids is 1. The van der Waals surface area contributed by atoms with Gasteiger partial charge >= 0.3 is 6.01 Å². The number of benzene rings is 1. The Bertz CT molecular complexity index is 537. The molecule has 2 aromatic rings. The van der Waals surface area contributed by atoms with Crippen molar-refractivity contribution in [3.8, 4) is 11.5 Å². The molecular weight excluding hydrogens is 244 g/mol. The molecule has 0 radical (unpaired) electrons. The highest BCUT2D eigenvalue weighted by Crippen LogP contribution is 2.18. The Morgan fingerprint density at radius 1 is 1.26 bits per heavy atom. The van der Waals surface area contributed by atoms with Gasteiger partial charge in [0.05, 0.1) is 0 Å². The summed E-state index contributed by atoms with van der Waals surface area (Å²) < 4.78 is 5.38. The molecule has 1 aromatic heterocycles. The van der Waals surface area contributed by atoms with Gasteiger partial charge in [-0.1, -0.05) is 23.3 Å². The minimum atomic E-state index is -0.142. The molecule has 1 aromatic carbocycles. The molecule has 2 rings (SSSR count). The Kier molecular flexibility index (Phi) is 4.25. The Morgan fingerprint density at radius 3 is 2.68 bits per heavy atom. The molecular formula is C13H16N4O2. The first-order valence-electron chi connectivity index (χ1n) is 5.98. The summed E-state index contributed by atoms with van der Waals surface area (Å²) in [6.45, 7) is 0.672. The molecule has 0 fully saturated rings. The maximum Gasteiger partial charge on any atom is 0.322 e. The predicted octanol–water partition coefficient (Wildman–Crippen LogP) is 1.63. The molecule has 0 spiro atoms. The topological polar surface area (TPSA) is 71.3 Å². The first-order chi connectivity index (χ1) is 9.15. The normalized spacial score (nSPS) is 10.7. The van der Waals surface area contributed by atoms with Crippen LogP contribution in [-0.2, 0) is 4.79 Å². The summed E-state index contributed by atoms with van der Waals surface area (Å²) in [7, 11) is 3.82. The summed E-state index contributed by atoms with van der Waals surface area (Å²) in [5.74, 6) is 0.250. The molecule has 0 atom stereocenters. The van der Waals surface area contributed by atoms with Gasteiger partial charge in [-0.3, -0.25) is 10.1 Å². The molecule has 6 nitrogen and oxygen atoms in total. The van der Waals surface area contributed by atoms with Crippen molar-refractivity contribution in [2.45, 2.75) is 6.42 Å². The number of carbonyl (C=O) groups is 1. The van der Waals surface area contributed by atoms with Gasteiger partial charge in [0.1, 0.15) is 0 Å². The van der Waals surface area contributed by atoms with E-state index in [0.29, 0.717) is 18.9 Å². The number of nitrogens with one attached hydrogen (secondary N) is 1. The third-order valence-electron chi connectivity index (χ3n) is 2.48. The molecule has 0 bridgehead atoms. The largest absolute Gasteiger partial charge is 0.403 e. The molecule has 100 valence electrons. The van der Waals surface area contributed by atoms with E-state index in [0.717, 1.165) is 5.56 Å². The molecule has 0 aliphatic rings. The zero-order chi connectivity index (χ0) is 13.7. The van der Waals surface area contributed by atoms with Crippen molar-refractivity contribution in [1.29, 1.82) is 0 Å². The summed E-state index contributed by atoms with van der Waals surface area (Å²) in [5, 5.41) is 10.3. The fraction of sp³-hybridized carbons (Fsp3) is 0.308. The second-order valence-corrected chi connectivity index (χ2v) is 4.38. The lowest BCUT2D eigenvalue weighted by Gasteiger charge is -2.07. The zero-order valence-corrected chi connectivity index (χ0v) is 11.0. The first-order valence-corrected chi connectivity index (χ1v) is 5.98. The molecule has 6 heteroatoms. The third kappa shape index (κ3) is 3.89. The second-order valence-electron chi connectivity index (χ2n) is 4.38. The molecule has 0 saturated heterocycles. The number of rotatable bonds is 5. The van der Waals surface area contributed by atoms with E-state index in [1.165, 1.54) is 0 Å². The third-order valence-corrected chi connectivity index (χ3v) is 2.48. The van der Waals surface area contributed by atoms with E-state index in [1.54, 1.807) is 0 Å². The Labute approximate surface area is 111 Å². The standard InChI is InChI=1S/C13H16N4O2/c1-17(2)9-8-11(18)14-13-16-15-12(19-13)10-6-4-3-5-7-10/h3-7H,8-9H2,1-2H3,(H,14,16,18). The number of anilines is 1. The van der Waals surface area contributed by atoms with E-state index in [2.05, 4.69) is 15.5 Å². The van der Waals surface area contributed by atoms with Gasteiger partial charge in [0.25, 0.3) is 0 Å². The van der Waals surface area contributed by atoms with Gasteiger partial charge in [0.15, 0.2) is 0 Å². The van der Waals surface area contributed by atoms with E-state index < -0.39 is 0 Å². The van der Waals surface area contributed by atoms with Crippen molar-refractivity contribution in [3.05, 3.63) is 30.3 Å². The Balaban J connectivity index is 1.96. The predicted molar refractivity (Wildman–Crippen MR) is 71.5 cm³/mol. The van der Waals surface area contributed by atoms with Gasteiger partial charge in [0.2, 0.25) is 11.8 Å². The minimum Gasteiger partial charge on any atom is -0.403 e. The first kappa shape index (κ1) is 13.2. The highest BCUT2D eigenvalue weighted by molar-refractivity contribution is 5.88. The van der Waals surface area contributed by atoms with Gasteiger partial charge in [-0.25, -0.2) is 0 Å². The van der Waals surface area contributed by atoms with Crippen LogP contribution in [0.2, 0.25) is 0 Å². The van der Waals surface area contributed by atoms with E-state index in [-0.39, 0.29) is 11.9 Å². The average Bonchev–Trinajstić information content (AvgIpc) is 2.86. The summed E-state index contributed by atoms with van der Waals surface area (Å²) in [6.07, 6.45) is 0.385. The summed E-state index contributed by atoms with van der Waals surface area (Å²) in [5.41, 5.74) is 0.823. The molecule has 1 heterocycles. The number of nitrogens with zero attached hydrogens (tertiary/aromatic N) is 3. The molecule has 0 aliphatic carbocycles. The number of hydrogen-bond acceptors (Lipinski definition) is 5. The number of hydrogen-bond donors (Lipinski definition) is 1. The highest BCUT2D eigenvalue weighted by Gasteiger charge is 2.10. The van der Waals surface area contributed by atoms with Gasteiger partial charge in [-0.15, -0.1) is 5.10 Å². The number of amides is 1. The lowest BCUT2D eigenvalue weighted by Crippen LogP contribution is -2.20. The molecule has 0 aliphatic heterocycles. The lowest BCUT2D eigenvalue weighted by atomic mass is 10.2. The quantitative estimate of drug-likeness (QED) is 0.884. The van der Waals surface area contributed by atoms with Crippen LogP contribution < -0.4 is 5.32 Å². The van der Waals surface area contributed by atoms with Crippen molar-refractivity contribution in [3.63, 3.8) is 0 Å². The maximum atomic E-state index is 11.6. The van der Waals surface area contributed by atoms with Gasteiger partial charge in [-0.05, 0) is 26.2 Å². The molecule has 0 saturated carbocycles. The van der Waals surface area contributed by atoms with Crippen molar-refractivity contribution < 1.29 is 9.21 Å². The summed E-state index contributed by atoms with van der Waals surface area (Å²) in [6, 6.07) is 9.53. The van der Waals surface area contributed by atoms with E-state index >= 15 is 0 Å². The number of aromatic nitrogens is 2. The second kappa shape index (κ2) is 6.10. The maximum absolute atomic E-state index is 11.6. The fourth-order valence-corrected chi connectivity index (χ4v) is 1.48. The minimum absolute atomic E-state index is 0.127. The molecule has 1 N–H and O–H groups in total. The lowest BCUT2D eigenvalue weighted by molar-refractivity contribution is -0.116. The van der Waals surface area contributed by atoms with Crippen LogP contribution in [0.15, 0.2) is 34.7 Å². The SMILES string of the molecule is CN(C)CCC(=O)Nc1nnc(-c2ccccc2)o1. The van der Waals surface area contributed by atoms with Crippen LogP contribution in [0.25, 0.3) is 11.5 Å². The van der Waals surface area contributed by atoms with Crippen LogP contribution >= 0.6 is 0 Å². The van der Waals surface area contributed by atoms with E-state index in [1.807, 2.05) is 49.3 Å². The monoisotopic (exact) mass is 260 g/mol. The van der Waals surface area contributed by atoms with Gasteiger partial charge in [-0.2, -0.15) is 0 Å². The molecule has 0 unspecified atom stereocenters. The summed E-state index contributed by atoms with van der Waals surface area (Å²) in [4.78, 5) is 13.5. The van der Waals surface area contributed by atoms with Crippen LogP contribution in [0.1, 0.15) is 6.42 Å². The fourth-order valence-electron chi connectivity index (χ4n) is 1.48. The van der Waals surface area contributed by atoms with E-state index in [9.17, 15) is 4.79 Å². The average molecular weight is 260 g/mol. The van der Waals surface area contributed by atoms with Crippen LogP contribution in [0.5, 0.6) is 0 Å². The van der Waals surface area contributed by atoms with Crippen LogP contribution in [0, 0.1) is 0 Å². The highest BCUT2D eigenvalue weighted by atomic mass is 16.4. The smallest absolute Gasteiger partial charge is 0.322 e. The van der Waals surface area contributed by atoms with Gasteiger partial charge < -0.3 is 9.32 Å². The van der Waals surface area contributed by atoms with Crippen LogP contribution in [-0.4, -0.2) is 41.6 Å². The van der Waals surface area contributed by atoms with Gasteiger partial charge in [0, 0.05) is 18.5 Å². The Hall–Kier alpha value is -2.21. The van der Waals surface area contributed by atoms with Crippen LogP contribution in [0.4, 0.5) is 6.01 Å². The van der Waals surface area contributed by atoms with Crippen LogP contribution in [0.3, 0.4) is 0 Å². The molecule has 19 heavy (non-hydrogen) atoms. The molecule has 1 amide bonds. The van der Waals surface area contributed by atoms with Crippen molar-refractivity contribution in [1.82, 2.24) is 15.1 Å². The van der Waals surface area contributed by atoms with Crippen molar-refractivity contribution >= 4 is 11.9 Å². The van der Waals surface area contributed by atoms with Crippen molar-refractivity contribution in [2.75, 3.05) is 26.0 Å². The van der Waals surface area contributed by atoms with E-state index in [4.69, 9.17) is 4.42 Å². The zero-order valence-electron chi connectivity index (χ0n) is 11.0.